The van der Waals surface area contributed by atoms with Gasteiger partial charge in [0.25, 0.3) is 0 Å². The molecule has 7 atom stereocenters. The molecule has 65 heavy (non-hydrogen) atoms. The van der Waals surface area contributed by atoms with Gasteiger partial charge in [-0.2, -0.15) is 0 Å². The van der Waals surface area contributed by atoms with Crippen molar-refractivity contribution in [1.82, 2.24) is 5.32 Å². The largest absolute Gasteiger partial charge is 0.466 e. The fourth-order valence-electron chi connectivity index (χ4n) is 8.15. The summed E-state index contributed by atoms with van der Waals surface area (Å²) in [5.74, 6) is -0.240. The number of amides is 1. The minimum absolute atomic E-state index is 0.0312. The molecular formula is C54H99NO10. The molecular weight excluding hydrogens is 823 g/mol. The number of ether oxygens (including phenoxy) is 3. The van der Waals surface area contributed by atoms with Crippen LogP contribution in [0, 0.1) is 0 Å². The van der Waals surface area contributed by atoms with Gasteiger partial charge in [-0.05, 0) is 70.6 Å². The normalized spacial score (nSPS) is 20.0. The van der Waals surface area contributed by atoms with Gasteiger partial charge in [-0.25, -0.2) is 0 Å². The van der Waals surface area contributed by atoms with Crippen molar-refractivity contribution in [2.75, 3.05) is 19.8 Å². The van der Waals surface area contributed by atoms with Gasteiger partial charge < -0.3 is 45.1 Å². The molecule has 1 amide bonds. The molecule has 1 fully saturated rings. The van der Waals surface area contributed by atoms with Crippen molar-refractivity contribution in [2.45, 2.75) is 275 Å². The van der Waals surface area contributed by atoms with Crippen molar-refractivity contribution >= 4 is 11.9 Å². The molecule has 1 saturated heterocycles. The van der Waals surface area contributed by atoms with Crippen LogP contribution in [-0.2, 0) is 23.8 Å². The highest BCUT2D eigenvalue weighted by Crippen LogP contribution is 2.23. The maximum absolute atomic E-state index is 13.0. The van der Waals surface area contributed by atoms with Gasteiger partial charge in [0.15, 0.2) is 6.29 Å². The van der Waals surface area contributed by atoms with Crippen molar-refractivity contribution in [3.05, 3.63) is 36.5 Å². The molecule has 11 heteroatoms. The summed E-state index contributed by atoms with van der Waals surface area (Å²) in [6, 6.07) is -0.837. The average molecular weight is 922 g/mol. The molecule has 1 rings (SSSR count). The quantitative estimate of drug-likeness (QED) is 0.0196. The third-order valence-corrected chi connectivity index (χ3v) is 12.5. The molecule has 380 valence electrons. The molecule has 6 N–H and O–H groups in total. The van der Waals surface area contributed by atoms with Crippen LogP contribution in [0.4, 0.5) is 0 Å². The van der Waals surface area contributed by atoms with E-state index in [1.54, 1.807) is 6.08 Å². The predicted octanol–water partition coefficient (Wildman–Crippen LogP) is 11.2. The predicted molar refractivity (Wildman–Crippen MR) is 264 cm³/mol. The summed E-state index contributed by atoms with van der Waals surface area (Å²) in [6.45, 7) is 4.24. The minimum atomic E-state index is -1.58. The van der Waals surface area contributed by atoms with E-state index in [2.05, 4.69) is 43.5 Å². The lowest BCUT2D eigenvalue weighted by atomic mass is 9.99. The molecule has 11 nitrogen and oxygen atoms in total. The number of carbonyl (C=O) groups is 2. The topological polar surface area (TPSA) is 175 Å². The zero-order chi connectivity index (χ0) is 47.4. The van der Waals surface area contributed by atoms with Gasteiger partial charge in [-0.15, -0.1) is 0 Å². The first-order valence-electron chi connectivity index (χ1n) is 26.8. The van der Waals surface area contributed by atoms with Gasteiger partial charge >= 0.3 is 5.97 Å². The van der Waals surface area contributed by atoms with Gasteiger partial charge in [0.2, 0.25) is 5.91 Å². The average Bonchev–Trinajstić information content (AvgIpc) is 3.30. The first-order chi connectivity index (χ1) is 31.7. The van der Waals surface area contributed by atoms with Crippen molar-refractivity contribution in [3.63, 3.8) is 0 Å². The lowest BCUT2D eigenvalue weighted by Gasteiger charge is -2.40. The Balaban J connectivity index is 2.17. The van der Waals surface area contributed by atoms with Crippen LogP contribution in [0.25, 0.3) is 0 Å². The SMILES string of the molecule is CCCCCCC/C=C/CC/C=C/C(O)C(COC1OC(CO)C(O)C(O)C1O)NC(=O)CCCCCCCCC/C=C\CCCCCCOC(=O)CCCCCCCCCCCCC. The number of aliphatic hydroxyl groups is 5. The molecule has 0 radical (unpaired) electrons. The van der Waals surface area contributed by atoms with E-state index in [4.69, 9.17) is 14.2 Å². The first kappa shape index (κ1) is 60.9. The third kappa shape index (κ3) is 34.8. The summed E-state index contributed by atoms with van der Waals surface area (Å²) in [5.41, 5.74) is 0. The molecule has 0 aliphatic carbocycles. The number of hydrogen-bond donors (Lipinski definition) is 6. The fourth-order valence-corrected chi connectivity index (χ4v) is 8.15. The van der Waals surface area contributed by atoms with Crippen LogP contribution in [-0.4, -0.2) is 100 Å². The van der Waals surface area contributed by atoms with Crippen LogP contribution in [0.5, 0.6) is 0 Å². The summed E-state index contributed by atoms with van der Waals surface area (Å²) >= 11 is 0. The minimum Gasteiger partial charge on any atom is -0.466 e. The van der Waals surface area contributed by atoms with E-state index in [9.17, 15) is 35.1 Å². The Morgan fingerprint density at radius 1 is 0.554 bits per heavy atom. The second-order valence-corrected chi connectivity index (χ2v) is 18.6. The van der Waals surface area contributed by atoms with Gasteiger partial charge in [0.05, 0.1) is 32.0 Å². The Morgan fingerprint density at radius 3 is 1.52 bits per heavy atom. The highest BCUT2D eigenvalue weighted by Gasteiger charge is 2.44. The Labute approximate surface area is 396 Å². The third-order valence-electron chi connectivity index (χ3n) is 12.5. The van der Waals surface area contributed by atoms with E-state index in [0.717, 1.165) is 83.5 Å². The van der Waals surface area contributed by atoms with E-state index in [1.807, 2.05) is 6.08 Å². The second-order valence-electron chi connectivity index (χ2n) is 18.6. The molecule has 1 aliphatic rings. The monoisotopic (exact) mass is 922 g/mol. The molecule has 1 aliphatic heterocycles. The Bertz CT molecular complexity index is 1180. The molecule has 1 heterocycles. The van der Waals surface area contributed by atoms with E-state index < -0.39 is 49.5 Å². The van der Waals surface area contributed by atoms with Crippen LogP contribution in [0.3, 0.4) is 0 Å². The van der Waals surface area contributed by atoms with Crippen LogP contribution in [0.15, 0.2) is 36.5 Å². The summed E-state index contributed by atoms with van der Waals surface area (Å²) in [4.78, 5) is 25.0. The van der Waals surface area contributed by atoms with Crippen LogP contribution in [0.1, 0.15) is 232 Å². The van der Waals surface area contributed by atoms with Gasteiger partial charge in [-0.3, -0.25) is 9.59 Å². The standard InChI is InChI=1S/C54H99NO10/c1-3-5-7-9-11-13-20-24-28-32-36-40-47(57)46(45-64-54-53(62)52(61)51(60)48(44-56)65-54)55-49(58)41-37-33-29-25-22-18-16-15-17-19-23-27-31-35-39-43-63-50(59)42-38-34-30-26-21-14-12-10-8-6-4-2/h17,19-20,24,36,40,46-48,51-54,56-57,60-62H,3-16,18,21-23,25-35,37-39,41-45H2,1-2H3,(H,55,58)/b19-17-,24-20+,40-36+. The highest BCUT2D eigenvalue weighted by atomic mass is 16.7. The van der Waals surface area contributed by atoms with E-state index in [-0.39, 0.29) is 18.5 Å². The first-order valence-corrected chi connectivity index (χ1v) is 26.8. The molecule has 0 aromatic heterocycles. The fraction of sp³-hybridized carbons (Fsp3) is 0.852. The number of hydrogen-bond acceptors (Lipinski definition) is 10. The zero-order valence-corrected chi connectivity index (χ0v) is 41.4. The summed E-state index contributed by atoms with van der Waals surface area (Å²) in [6.07, 6.45) is 42.3. The Kier molecular flexibility index (Phi) is 41.6. The molecule has 0 aromatic carbocycles. The van der Waals surface area contributed by atoms with Crippen molar-refractivity contribution in [2.24, 2.45) is 0 Å². The molecule has 0 saturated carbocycles. The van der Waals surface area contributed by atoms with Crippen LogP contribution < -0.4 is 5.32 Å². The highest BCUT2D eigenvalue weighted by molar-refractivity contribution is 5.76. The number of aliphatic hydroxyl groups excluding tert-OH is 5. The van der Waals surface area contributed by atoms with E-state index >= 15 is 0 Å². The Morgan fingerprint density at radius 2 is 1.00 bits per heavy atom. The van der Waals surface area contributed by atoms with Crippen molar-refractivity contribution < 1.29 is 49.3 Å². The van der Waals surface area contributed by atoms with Gasteiger partial charge in [-0.1, -0.05) is 185 Å². The van der Waals surface area contributed by atoms with Gasteiger partial charge in [0.1, 0.15) is 24.4 Å². The van der Waals surface area contributed by atoms with E-state index in [1.165, 1.54) is 122 Å². The van der Waals surface area contributed by atoms with Crippen molar-refractivity contribution in [3.8, 4) is 0 Å². The smallest absolute Gasteiger partial charge is 0.305 e. The lowest BCUT2D eigenvalue weighted by Crippen LogP contribution is -2.60. The number of carbonyl (C=O) groups excluding carboxylic acids is 2. The van der Waals surface area contributed by atoms with Crippen LogP contribution >= 0.6 is 0 Å². The molecule has 0 bridgehead atoms. The number of esters is 1. The summed E-state index contributed by atoms with van der Waals surface area (Å²) in [7, 11) is 0. The maximum atomic E-state index is 13.0. The lowest BCUT2D eigenvalue weighted by molar-refractivity contribution is -0.302. The number of unbranched alkanes of at least 4 members (excludes halogenated alkanes) is 27. The summed E-state index contributed by atoms with van der Waals surface area (Å²) in [5, 5.41) is 54.2. The van der Waals surface area contributed by atoms with Crippen molar-refractivity contribution in [1.29, 1.82) is 0 Å². The zero-order valence-electron chi connectivity index (χ0n) is 41.4. The maximum Gasteiger partial charge on any atom is 0.305 e. The van der Waals surface area contributed by atoms with Crippen LogP contribution in [0.2, 0.25) is 0 Å². The summed E-state index contributed by atoms with van der Waals surface area (Å²) < 4.78 is 16.6. The number of rotatable bonds is 45. The second kappa shape index (κ2) is 44.4. The molecule has 7 unspecified atom stereocenters. The van der Waals surface area contributed by atoms with E-state index in [0.29, 0.717) is 19.4 Å². The molecule has 0 spiro atoms. The van der Waals surface area contributed by atoms with Gasteiger partial charge in [0, 0.05) is 12.8 Å². The number of allylic oxidation sites excluding steroid dienone is 5. The molecule has 0 aromatic rings. The Hall–Kier alpha value is -2.12. The number of nitrogens with one attached hydrogen (secondary N) is 1.